The molecule has 1 aromatic heterocycles. The van der Waals surface area contributed by atoms with Gasteiger partial charge in [-0.15, -0.1) is 0 Å². The number of hydrogen-bond acceptors (Lipinski definition) is 6. The van der Waals surface area contributed by atoms with Crippen molar-refractivity contribution in [3.8, 4) is 0 Å². The highest BCUT2D eigenvalue weighted by Crippen LogP contribution is 2.70. The molecule has 36 heavy (non-hydrogen) atoms. The summed E-state index contributed by atoms with van der Waals surface area (Å²) in [6, 6.07) is 3.43. The molecule has 6 heteroatoms. The summed E-state index contributed by atoms with van der Waals surface area (Å²) in [5.74, 6) is 1.70. The third kappa shape index (κ3) is 3.73. The van der Waals surface area contributed by atoms with E-state index < -0.39 is 5.60 Å². The number of hydrogen-bond donors (Lipinski definition) is 2. The van der Waals surface area contributed by atoms with E-state index in [9.17, 15) is 14.7 Å². The van der Waals surface area contributed by atoms with Crippen LogP contribution in [0.25, 0.3) is 0 Å². The molecule has 0 radical (unpaired) electrons. The van der Waals surface area contributed by atoms with Crippen LogP contribution in [0.1, 0.15) is 96.0 Å². The number of aliphatic hydroxyl groups is 1. The van der Waals surface area contributed by atoms with E-state index in [2.05, 4.69) is 19.2 Å². The van der Waals surface area contributed by atoms with Crippen molar-refractivity contribution in [2.24, 2.45) is 34.5 Å². The molecule has 198 valence electrons. The lowest BCUT2D eigenvalue weighted by molar-refractivity contribution is -0.208. The molecule has 5 fully saturated rings. The summed E-state index contributed by atoms with van der Waals surface area (Å²) in [6.07, 6.45) is 12.6. The van der Waals surface area contributed by atoms with Crippen molar-refractivity contribution in [3.63, 3.8) is 0 Å². The van der Waals surface area contributed by atoms with Crippen molar-refractivity contribution in [3.05, 3.63) is 34.4 Å². The van der Waals surface area contributed by atoms with Crippen LogP contribution < -0.4 is 10.9 Å². The third-order valence-corrected chi connectivity index (χ3v) is 11.9. The zero-order valence-electron chi connectivity index (χ0n) is 22.0. The van der Waals surface area contributed by atoms with Gasteiger partial charge in [0.15, 0.2) is 0 Å². The lowest BCUT2D eigenvalue weighted by Gasteiger charge is -2.63. The van der Waals surface area contributed by atoms with Crippen molar-refractivity contribution >= 4 is 5.97 Å². The first-order valence-electron chi connectivity index (χ1n) is 14.5. The van der Waals surface area contributed by atoms with Crippen LogP contribution in [0.4, 0.5) is 0 Å². The van der Waals surface area contributed by atoms with Crippen molar-refractivity contribution in [1.29, 1.82) is 0 Å². The number of carbonyl (C=O) groups is 1. The van der Waals surface area contributed by atoms with Crippen LogP contribution in [0, 0.1) is 34.5 Å². The summed E-state index contributed by atoms with van der Waals surface area (Å²) in [5.41, 5.74) is 0.0727. The number of rotatable bonds is 3. The normalized spacial score (nSPS) is 44.8. The standard InChI is InChI=1S/C30H43NO5/c1-28-12-7-22(36-27(33)19-10-15-31-16-11-19)17-21(28)4-5-25-24(28)8-13-29(2)23(9-14-30(25,29)34)20-3-6-26(32)35-18-20/h3,6,18-19,21-25,31,34H,4-5,7-17H2,1-2H3/t21-,22+,23-,24+,25-,28+,29-,30+/m1/s1. The predicted molar refractivity (Wildman–Crippen MR) is 136 cm³/mol. The number of esters is 1. The van der Waals surface area contributed by atoms with Gasteiger partial charge in [0.1, 0.15) is 6.10 Å². The molecule has 6 rings (SSSR count). The largest absolute Gasteiger partial charge is 0.462 e. The van der Waals surface area contributed by atoms with Crippen LogP contribution in [0.3, 0.4) is 0 Å². The van der Waals surface area contributed by atoms with Gasteiger partial charge in [-0.05, 0) is 124 Å². The molecule has 1 saturated heterocycles. The molecule has 0 spiro atoms. The first-order valence-corrected chi connectivity index (χ1v) is 14.5. The maximum Gasteiger partial charge on any atom is 0.335 e. The molecular formula is C30H43NO5. The number of piperidine rings is 1. The monoisotopic (exact) mass is 497 g/mol. The first-order chi connectivity index (χ1) is 17.2. The quantitative estimate of drug-likeness (QED) is 0.584. The van der Waals surface area contributed by atoms with E-state index in [1.54, 1.807) is 6.26 Å². The highest BCUT2D eigenvalue weighted by Gasteiger charge is 2.67. The van der Waals surface area contributed by atoms with Crippen molar-refractivity contribution in [2.45, 2.75) is 102 Å². The van der Waals surface area contributed by atoms with E-state index in [4.69, 9.17) is 9.15 Å². The van der Waals surface area contributed by atoms with Gasteiger partial charge in [-0.3, -0.25) is 4.79 Å². The molecule has 0 unspecified atom stereocenters. The molecule has 0 aromatic carbocycles. The van der Waals surface area contributed by atoms with E-state index in [-0.39, 0.29) is 40.4 Å². The Labute approximate surface area is 214 Å². The topological polar surface area (TPSA) is 88.8 Å². The molecule has 4 aliphatic carbocycles. The van der Waals surface area contributed by atoms with Crippen molar-refractivity contribution in [2.75, 3.05) is 13.1 Å². The van der Waals surface area contributed by atoms with Gasteiger partial charge < -0.3 is 19.6 Å². The summed E-state index contributed by atoms with van der Waals surface area (Å²) in [4.78, 5) is 24.3. The third-order valence-electron chi connectivity index (χ3n) is 11.9. The molecule has 2 heterocycles. The fraction of sp³-hybridized carbons (Fsp3) is 0.800. The van der Waals surface area contributed by atoms with Gasteiger partial charge >= 0.3 is 11.6 Å². The maximum atomic E-state index is 12.8. The average Bonchev–Trinajstić information content (AvgIpc) is 3.16. The van der Waals surface area contributed by atoms with Gasteiger partial charge in [-0.25, -0.2) is 4.79 Å². The number of nitrogens with one attached hydrogen (secondary N) is 1. The predicted octanol–water partition coefficient (Wildman–Crippen LogP) is 4.79. The Kier molecular flexibility index (Phi) is 6.15. The van der Waals surface area contributed by atoms with Gasteiger partial charge in [0.05, 0.1) is 17.8 Å². The summed E-state index contributed by atoms with van der Waals surface area (Å²) in [6.45, 7) is 6.59. The molecule has 0 bridgehead atoms. The molecule has 1 aliphatic heterocycles. The van der Waals surface area contributed by atoms with E-state index in [0.29, 0.717) is 17.8 Å². The Hall–Kier alpha value is -1.66. The molecular weight excluding hydrogens is 454 g/mol. The second-order valence-electron chi connectivity index (χ2n) is 13.2. The average molecular weight is 498 g/mol. The number of fused-ring (bicyclic) bond motifs is 5. The van der Waals surface area contributed by atoms with Gasteiger partial charge in [0, 0.05) is 11.5 Å². The Morgan fingerprint density at radius 2 is 1.81 bits per heavy atom. The van der Waals surface area contributed by atoms with Gasteiger partial charge in [0.25, 0.3) is 0 Å². The van der Waals surface area contributed by atoms with Crippen molar-refractivity contribution < 1.29 is 19.1 Å². The number of ether oxygens (including phenoxy) is 1. The van der Waals surface area contributed by atoms with Gasteiger partial charge in [0.2, 0.25) is 0 Å². The lowest BCUT2D eigenvalue weighted by Crippen LogP contribution is -2.62. The van der Waals surface area contributed by atoms with Gasteiger partial charge in [-0.1, -0.05) is 13.8 Å². The van der Waals surface area contributed by atoms with Crippen LogP contribution >= 0.6 is 0 Å². The summed E-state index contributed by atoms with van der Waals surface area (Å²) in [5, 5.41) is 15.7. The molecule has 1 aromatic rings. The smallest absolute Gasteiger partial charge is 0.335 e. The Morgan fingerprint density at radius 3 is 2.56 bits per heavy atom. The zero-order valence-corrected chi connectivity index (χ0v) is 22.0. The molecule has 2 N–H and O–H groups in total. The Bertz CT molecular complexity index is 1030. The van der Waals surface area contributed by atoms with E-state index in [1.807, 2.05) is 6.07 Å². The fourth-order valence-electron chi connectivity index (χ4n) is 9.71. The molecule has 0 amide bonds. The van der Waals surface area contributed by atoms with Crippen LogP contribution in [0.5, 0.6) is 0 Å². The van der Waals surface area contributed by atoms with Crippen LogP contribution in [-0.4, -0.2) is 35.9 Å². The van der Waals surface area contributed by atoms with Crippen LogP contribution in [-0.2, 0) is 9.53 Å². The molecule has 6 nitrogen and oxygen atoms in total. The lowest BCUT2D eigenvalue weighted by atomic mass is 9.43. The van der Waals surface area contributed by atoms with E-state index in [0.717, 1.165) is 89.3 Å². The maximum absolute atomic E-state index is 12.8. The van der Waals surface area contributed by atoms with E-state index in [1.165, 1.54) is 6.07 Å². The summed E-state index contributed by atoms with van der Waals surface area (Å²) >= 11 is 0. The number of carbonyl (C=O) groups excluding carboxylic acids is 1. The Balaban J connectivity index is 1.17. The highest BCUT2D eigenvalue weighted by atomic mass is 16.5. The molecule has 5 aliphatic rings. The summed E-state index contributed by atoms with van der Waals surface area (Å²) < 4.78 is 11.3. The summed E-state index contributed by atoms with van der Waals surface area (Å²) in [7, 11) is 0. The minimum absolute atomic E-state index is 0.0234. The van der Waals surface area contributed by atoms with Crippen LogP contribution in [0.2, 0.25) is 0 Å². The Morgan fingerprint density at radius 1 is 1.00 bits per heavy atom. The van der Waals surface area contributed by atoms with Crippen molar-refractivity contribution in [1.82, 2.24) is 5.32 Å². The molecule has 8 atom stereocenters. The first kappa shape index (κ1) is 24.7. The SMILES string of the molecule is C[C@]12CC[C@H](OC(=O)C3CCNCC3)C[C@H]1CC[C@@H]1[C@@H]2CC[C@]2(C)[C@@H](c3ccc(=O)oc3)CC[C@]12O. The van der Waals surface area contributed by atoms with E-state index >= 15 is 0 Å². The second-order valence-corrected chi connectivity index (χ2v) is 13.2. The minimum atomic E-state index is -0.678. The minimum Gasteiger partial charge on any atom is -0.462 e. The van der Waals surface area contributed by atoms with Gasteiger partial charge in [-0.2, -0.15) is 0 Å². The zero-order chi connectivity index (χ0) is 25.1. The van der Waals surface area contributed by atoms with Crippen LogP contribution in [0.15, 0.2) is 27.6 Å². The highest BCUT2D eigenvalue weighted by molar-refractivity contribution is 5.72. The second kappa shape index (κ2) is 8.97. The molecule has 4 saturated carbocycles. The fourth-order valence-corrected chi connectivity index (χ4v) is 9.71.